The number of halogens is 2. The fourth-order valence-electron chi connectivity index (χ4n) is 0.830. The van der Waals surface area contributed by atoms with Crippen molar-refractivity contribution in [2.45, 2.75) is 13.0 Å². The van der Waals surface area contributed by atoms with Crippen molar-refractivity contribution < 1.29 is 4.79 Å². The number of hydrogen-bond acceptors (Lipinski definition) is 2. The second kappa shape index (κ2) is 4.77. The Labute approximate surface area is 95.7 Å². The van der Waals surface area contributed by atoms with Crippen molar-refractivity contribution in [1.82, 2.24) is 0 Å². The van der Waals surface area contributed by atoms with Gasteiger partial charge in [0.25, 0.3) is 0 Å². The van der Waals surface area contributed by atoms with Gasteiger partial charge in [-0.1, -0.05) is 11.6 Å². The fraction of sp³-hybridized carbons (Fsp3) is 0.222. The molecule has 0 fully saturated rings. The van der Waals surface area contributed by atoms with Crippen molar-refractivity contribution in [2.24, 2.45) is 5.73 Å². The summed E-state index contributed by atoms with van der Waals surface area (Å²) in [5.74, 6) is -0.223. The maximum absolute atomic E-state index is 11.2. The Morgan fingerprint density at radius 1 is 1.64 bits per heavy atom. The maximum atomic E-state index is 11.2. The van der Waals surface area contributed by atoms with Crippen LogP contribution in [0.1, 0.15) is 6.92 Å². The molecule has 0 aliphatic heterocycles. The molecule has 0 saturated carbocycles. The highest BCUT2D eigenvalue weighted by molar-refractivity contribution is 9.10. The summed E-state index contributed by atoms with van der Waals surface area (Å²) >= 11 is 9.05. The highest BCUT2D eigenvalue weighted by Crippen LogP contribution is 2.25. The van der Waals surface area contributed by atoms with Crippen molar-refractivity contribution in [3.63, 3.8) is 0 Å². The molecule has 0 heterocycles. The second-order valence-corrected chi connectivity index (χ2v) is 4.17. The normalized spacial score (nSPS) is 12.3. The molecule has 0 unspecified atom stereocenters. The second-order valence-electron chi connectivity index (χ2n) is 2.91. The van der Waals surface area contributed by atoms with E-state index in [2.05, 4.69) is 21.2 Å². The molecule has 1 aromatic carbocycles. The van der Waals surface area contributed by atoms with Gasteiger partial charge in [-0.3, -0.25) is 4.79 Å². The van der Waals surface area contributed by atoms with Crippen LogP contribution in [0.3, 0.4) is 0 Å². The van der Waals surface area contributed by atoms with Crippen LogP contribution in [0.5, 0.6) is 0 Å². The molecule has 0 spiro atoms. The summed E-state index contributed by atoms with van der Waals surface area (Å²) in [4.78, 5) is 11.2. The summed E-state index contributed by atoms with van der Waals surface area (Å²) in [6, 6.07) is 4.61. The third-order valence-electron chi connectivity index (χ3n) is 1.60. The van der Waals surface area contributed by atoms with Gasteiger partial charge in [-0.15, -0.1) is 0 Å². The Morgan fingerprint density at radius 2 is 2.29 bits per heavy atom. The van der Waals surface area contributed by atoms with Crippen LogP contribution in [0, 0.1) is 0 Å². The zero-order valence-corrected chi connectivity index (χ0v) is 9.89. The third kappa shape index (κ3) is 2.97. The van der Waals surface area contributed by atoms with Gasteiger partial charge in [-0.2, -0.15) is 0 Å². The number of carbonyl (C=O) groups excluding carboxylic acids is 1. The summed E-state index contributed by atoms with van der Waals surface area (Å²) < 4.78 is 0.738. The van der Waals surface area contributed by atoms with Crippen LogP contribution >= 0.6 is 27.5 Å². The number of benzene rings is 1. The van der Waals surface area contributed by atoms with E-state index in [4.69, 9.17) is 17.3 Å². The first-order chi connectivity index (χ1) is 6.50. The van der Waals surface area contributed by atoms with Crippen LogP contribution < -0.4 is 11.1 Å². The largest absolute Gasteiger partial charge is 0.325 e. The molecule has 0 bridgehead atoms. The Balaban J connectivity index is 2.78. The molecule has 0 radical (unpaired) electrons. The number of anilines is 1. The lowest BCUT2D eigenvalue weighted by Gasteiger charge is -2.08. The van der Waals surface area contributed by atoms with Crippen LogP contribution in [0.4, 0.5) is 5.69 Å². The molecule has 0 saturated heterocycles. The number of hydrogen-bond donors (Lipinski definition) is 2. The molecule has 1 amide bonds. The standard InChI is InChI=1S/C9H10BrClN2O/c1-5(12)9(14)13-6-2-3-8(11)7(10)4-6/h2-5H,12H2,1H3,(H,13,14)/t5-/m1/s1. The minimum Gasteiger partial charge on any atom is -0.325 e. The summed E-state index contributed by atoms with van der Waals surface area (Å²) in [5, 5.41) is 3.26. The zero-order valence-electron chi connectivity index (χ0n) is 7.55. The Kier molecular flexibility index (Phi) is 3.92. The van der Waals surface area contributed by atoms with Crippen molar-refractivity contribution in [3.8, 4) is 0 Å². The number of nitrogens with two attached hydrogens (primary N) is 1. The predicted molar refractivity (Wildman–Crippen MR) is 61.4 cm³/mol. The SMILES string of the molecule is C[C@@H](N)C(=O)Nc1ccc(Cl)c(Br)c1. The van der Waals surface area contributed by atoms with E-state index in [-0.39, 0.29) is 5.91 Å². The molecule has 5 heteroatoms. The number of nitrogens with one attached hydrogen (secondary N) is 1. The lowest BCUT2D eigenvalue weighted by molar-refractivity contribution is -0.117. The molecule has 0 aliphatic carbocycles. The van der Waals surface area contributed by atoms with Crippen LogP contribution in [0.2, 0.25) is 5.02 Å². The topological polar surface area (TPSA) is 55.1 Å². The molecule has 3 N–H and O–H groups in total. The van der Waals surface area contributed by atoms with E-state index in [1.54, 1.807) is 25.1 Å². The Bertz CT molecular complexity index is 355. The van der Waals surface area contributed by atoms with Crippen molar-refractivity contribution in [1.29, 1.82) is 0 Å². The van der Waals surface area contributed by atoms with Gasteiger partial charge in [-0.25, -0.2) is 0 Å². The minimum absolute atomic E-state index is 0.223. The van der Waals surface area contributed by atoms with Gasteiger partial charge in [0.1, 0.15) is 0 Å². The molecular weight excluding hydrogens is 267 g/mol. The molecule has 76 valence electrons. The first-order valence-electron chi connectivity index (χ1n) is 4.02. The number of rotatable bonds is 2. The summed E-state index contributed by atoms with van der Waals surface area (Å²) in [6.45, 7) is 1.63. The Hall–Kier alpha value is -0.580. The van der Waals surface area contributed by atoms with Crippen LogP contribution in [-0.4, -0.2) is 11.9 Å². The van der Waals surface area contributed by atoms with Crippen molar-refractivity contribution >= 4 is 39.1 Å². The summed E-state index contributed by atoms with van der Waals surface area (Å²) in [6.07, 6.45) is 0. The van der Waals surface area contributed by atoms with E-state index in [1.165, 1.54) is 0 Å². The van der Waals surface area contributed by atoms with E-state index < -0.39 is 6.04 Å². The highest BCUT2D eigenvalue weighted by Gasteiger charge is 2.07. The molecule has 3 nitrogen and oxygen atoms in total. The van der Waals surface area contributed by atoms with Crippen LogP contribution in [0.15, 0.2) is 22.7 Å². The predicted octanol–water partition coefficient (Wildman–Crippen LogP) is 2.39. The van der Waals surface area contributed by atoms with Gasteiger partial charge in [0, 0.05) is 10.2 Å². The first-order valence-corrected chi connectivity index (χ1v) is 5.19. The maximum Gasteiger partial charge on any atom is 0.240 e. The van der Waals surface area contributed by atoms with Gasteiger partial charge >= 0.3 is 0 Å². The highest BCUT2D eigenvalue weighted by atomic mass is 79.9. The average Bonchev–Trinajstić information content (AvgIpc) is 2.11. The lowest BCUT2D eigenvalue weighted by Crippen LogP contribution is -2.32. The van der Waals surface area contributed by atoms with Crippen LogP contribution in [0.25, 0.3) is 0 Å². The van der Waals surface area contributed by atoms with Gasteiger partial charge in [0.05, 0.1) is 11.1 Å². The minimum atomic E-state index is -0.524. The number of amides is 1. The van der Waals surface area contributed by atoms with Crippen molar-refractivity contribution in [2.75, 3.05) is 5.32 Å². The van der Waals surface area contributed by atoms with E-state index >= 15 is 0 Å². The zero-order chi connectivity index (χ0) is 10.7. The van der Waals surface area contributed by atoms with Gasteiger partial charge in [0.15, 0.2) is 0 Å². The smallest absolute Gasteiger partial charge is 0.240 e. The van der Waals surface area contributed by atoms with Crippen molar-refractivity contribution in [3.05, 3.63) is 27.7 Å². The van der Waals surface area contributed by atoms with Crippen LogP contribution in [-0.2, 0) is 4.79 Å². The molecule has 1 atom stereocenters. The van der Waals surface area contributed by atoms with Gasteiger partial charge in [0.2, 0.25) is 5.91 Å². The Morgan fingerprint density at radius 3 is 2.79 bits per heavy atom. The average molecular weight is 278 g/mol. The molecule has 1 rings (SSSR count). The van der Waals surface area contributed by atoms with E-state index in [0.29, 0.717) is 10.7 Å². The van der Waals surface area contributed by atoms with E-state index in [9.17, 15) is 4.79 Å². The summed E-state index contributed by atoms with van der Waals surface area (Å²) in [5.41, 5.74) is 6.07. The molecule has 0 aliphatic rings. The fourth-order valence-corrected chi connectivity index (χ4v) is 1.33. The summed E-state index contributed by atoms with van der Waals surface area (Å²) in [7, 11) is 0. The third-order valence-corrected chi connectivity index (χ3v) is 2.81. The van der Waals surface area contributed by atoms with Gasteiger partial charge in [-0.05, 0) is 41.1 Å². The first kappa shape index (κ1) is 11.5. The quantitative estimate of drug-likeness (QED) is 0.872. The monoisotopic (exact) mass is 276 g/mol. The van der Waals surface area contributed by atoms with Gasteiger partial charge < -0.3 is 11.1 Å². The lowest BCUT2D eigenvalue weighted by atomic mass is 10.3. The molecule has 14 heavy (non-hydrogen) atoms. The van der Waals surface area contributed by atoms with E-state index in [1.807, 2.05) is 0 Å². The number of carbonyl (C=O) groups is 1. The van der Waals surface area contributed by atoms with E-state index in [0.717, 1.165) is 4.47 Å². The molecule has 0 aromatic heterocycles. The molecule has 1 aromatic rings. The molecular formula is C9H10BrClN2O.